The molecule has 1 N–H and O–H groups in total. The zero-order valence-corrected chi connectivity index (χ0v) is 14.3. The number of nitrogens with one attached hydrogen (secondary N) is 1. The van der Waals surface area contributed by atoms with Crippen molar-refractivity contribution in [3.8, 4) is 11.6 Å². The summed E-state index contributed by atoms with van der Waals surface area (Å²) in [7, 11) is 0. The lowest BCUT2D eigenvalue weighted by Crippen LogP contribution is -2.18. The minimum absolute atomic E-state index is 0.0413. The van der Waals surface area contributed by atoms with Gasteiger partial charge >= 0.3 is 6.18 Å². The third-order valence-corrected chi connectivity index (χ3v) is 4.04. The van der Waals surface area contributed by atoms with Gasteiger partial charge in [-0.05, 0) is 44.7 Å². The van der Waals surface area contributed by atoms with Gasteiger partial charge in [-0.1, -0.05) is 6.07 Å². The Kier molecular flexibility index (Phi) is 5.49. The van der Waals surface area contributed by atoms with Crippen molar-refractivity contribution in [2.75, 3.05) is 11.9 Å². The Hall–Kier alpha value is -2.51. The van der Waals surface area contributed by atoms with E-state index in [9.17, 15) is 13.2 Å². The summed E-state index contributed by atoms with van der Waals surface area (Å²) in [6, 6.07) is 7.04. The topological polar surface area (TPSA) is 56.3 Å². The molecule has 26 heavy (non-hydrogen) atoms. The van der Waals surface area contributed by atoms with Crippen LogP contribution in [0.5, 0.6) is 11.6 Å². The minimum atomic E-state index is -4.57. The van der Waals surface area contributed by atoms with E-state index in [4.69, 9.17) is 9.47 Å². The lowest BCUT2D eigenvalue weighted by molar-refractivity contribution is -0.139. The fraction of sp³-hybridized carbons (Fsp3) is 0.444. The zero-order chi connectivity index (χ0) is 18.6. The van der Waals surface area contributed by atoms with Crippen molar-refractivity contribution in [1.29, 1.82) is 0 Å². The van der Waals surface area contributed by atoms with Crippen molar-refractivity contribution in [3.05, 3.63) is 36.0 Å². The van der Waals surface area contributed by atoms with E-state index in [-0.39, 0.29) is 12.1 Å². The number of ether oxygens (including phenoxy) is 2. The van der Waals surface area contributed by atoms with E-state index in [1.54, 1.807) is 24.3 Å². The number of halogens is 3. The van der Waals surface area contributed by atoms with Gasteiger partial charge in [0, 0.05) is 18.0 Å². The Balaban J connectivity index is 1.84. The van der Waals surface area contributed by atoms with Gasteiger partial charge in [-0.3, -0.25) is 0 Å². The number of anilines is 2. The second-order valence-corrected chi connectivity index (χ2v) is 6.02. The first-order valence-corrected chi connectivity index (χ1v) is 8.56. The first-order valence-electron chi connectivity index (χ1n) is 8.56. The molecule has 0 spiro atoms. The summed E-state index contributed by atoms with van der Waals surface area (Å²) < 4.78 is 50.6. The summed E-state index contributed by atoms with van der Waals surface area (Å²) >= 11 is 0. The molecule has 0 radical (unpaired) electrons. The fourth-order valence-corrected chi connectivity index (χ4v) is 2.83. The van der Waals surface area contributed by atoms with E-state index >= 15 is 0 Å². The largest absolute Gasteiger partial charge is 0.494 e. The Morgan fingerprint density at radius 1 is 1.23 bits per heavy atom. The van der Waals surface area contributed by atoms with Crippen LogP contribution in [0.4, 0.5) is 24.8 Å². The van der Waals surface area contributed by atoms with Gasteiger partial charge in [0.25, 0.3) is 0 Å². The molecule has 1 aliphatic carbocycles. The normalized spacial score (nSPS) is 15.1. The van der Waals surface area contributed by atoms with Crippen molar-refractivity contribution < 1.29 is 22.6 Å². The molecule has 140 valence electrons. The average molecular weight is 367 g/mol. The number of aromatic nitrogens is 2. The summed E-state index contributed by atoms with van der Waals surface area (Å²) in [4.78, 5) is 7.76. The first-order chi connectivity index (χ1) is 12.5. The molecule has 0 unspecified atom stereocenters. The van der Waals surface area contributed by atoms with Crippen LogP contribution < -0.4 is 14.8 Å². The summed E-state index contributed by atoms with van der Waals surface area (Å²) in [6.07, 6.45) is -0.673. The number of alkyl halides is 3. The third-order valence-electron chi connectivity index (χ3n) is 4.04. The van der Waals surface area contributed by atoms with Crippen molar-refractivity contribution in [2.24, 2.45) is 0 Å². The number of rotatable bonds is 6. The SMILES string of the molecule is CCOc1cccc(Nc2ncc(C(F)(F)F)c(OC3CCCC3)n2)c1. The van der Waals surface area contributed by atoms with Crippen LogP contribution in [0.2, 0.25) is 0 Å². The number of benzene rings is 1. The molecule has 0 amide bonds. The van der Waals surface area contributed by atoms with E-state index in [0.29, 0.717) is 18.0 Å². The lowest BCUT2D eigenvalue weighted by Gasteiger charge is -2.17. The maximum absolute atomic E-state index is 13.2. The molecule has 1 aliphatic rings. The van der Waals surface area contributed by atoms with Gasteiger partial charge in [0.15, 0.2) is 0 Å². The maximum Gasteiger partial charge on any atom is 0.423 e. The van der Waals surface area contributed by atoms with Crippen molar-refractivity contribution in [2.45, 2.75) is 44.9 Å². The smallest absolute Gasteiger partial charge is 0.423 e. The van der Waals surface area contributed by atoms with Crippen LogP contribution in [0.1, 0.15) is 38.2 Å². The Morgan fingerprint density at radius 2 is 2.00 bits per heavy atom. The first kappa shape index (κ1) is 18.3. The molecule has 1 aromatic heterocycles. The van der Waals surface area contributed by atoms with Crippen LogP contribution in [-0.2, 0) is 6.18 Å². The van der Waals surface area contributed by atoms with E-state index in [2.05, 4.69) is 15.3 Å². The molecular weight excluding hydrogens is 347 g/mol. The minimum Gasteiger partial charge on any atom is -0.494 e. The highest BCUT2D eigenvalue weighted by Gasteiger charge is 2.37. The van der Waals surface area contributed by atoms with Crippen molar-refractivity contribution >= 4 is 11.6 Å². The second kappa shape index (κ2) is 7.80. The number of hydrogen-bond acceptors (Lipinski definition) is 5. The Morgan fingerprint density at radius 3 is 2.69 bits per heavy atom. The van der Waals surface area contributed by atoms with E-state index in [0.717, 1.165) is 31.9 Å². The highest BCUT2D eigenvalue weighted by atomic mass is 19.4. The van der Waals surface area contributed by atoms with Crippen LogP contribution in [0.15, 0.2) is 30.5 Å². The number of nitrogens with zero attached hydrogens (tertiary/aromatic N) is 2. The van der Waals surface area contributed by atoms with E-state index in [1.165, 1.54) is 0 Å². The zero-order valence-electron chi connectivity index (χ0n) is 14.3. The van der Waals surface area contributed by atoms with Gasteiger partial charge in [-0.25, -0.2) is 4.98 Å². The van der Waals surface area contributed by atoms with Crippen molar-refractivity contribution in [1.82, 2.24) is 9.97 Å². The highest BCUT2D eigenvalue weighted by Crippen LogP contribution is 2.37. The van der Waals surface area contributed by atoms with E-state index < -0.39 is 17.6 Å². The summed E-state index contributed by atoms with van der Waals surface area (Å²) in [5.41, 5.74) is -0.347. The molecule has 5 nitrogen and oxygen atoms in total. The molecule has 1 saturated carbocycles. The van der Waals surface area contributed by atoms with Crippen LogP contribution in [-0.4, -0.2) is 22.7 Å². The van der Waals surface area contributed by atoms with Crippen LogP contribution in [0, 0.1) is 0 Å². The standard InChI is InChI=1S/C18H20F3N3O2/c1-2-25-14-9-5-6-12(10-14)23-17-22-11-15(18(19,20)21)16(24-17)26-13-7-3-4-8-13/h5-6,9-11,13H,2-4,7-8H2,1H3,(H,22,23,24). The monoisotopic (exact) mass is 367 g/mol. The molecule has 0 saturated heterocycles. The highest BCUT2D eigenvalue weighted by molar-refractivity contribution is 5.56. The fourth-order valence-electron chi connectivity index (χ4n) is 2.83. The molecule has 8 heteroatoms. The molecule has 0 aliphatic heterocycles. The van der Waals surface area contributed by atoms with Gasteiger partial charge in [0.2, 0.25) is 11.8 Å². The van der Waals surface area contributed by atoms with Gasteiger partial charge in [0.1, 0.15) is 17.4 Å². The van der Waals surface area contributed by atoms with Crippen LogP contribution in [0.25, 0.3) is 0 Å². The molecular formula is C18H20F3N3O2. The predicted molar refractivity (Wildman–Crippen MR) is 90.8 cm³/mol. The summed E-state index contributed by atoms with van der Waals surface area (Å²) in [5, 5.41) is 2.90. The van der Waals surface area contributed by atoms with Gasteiger partial charge in [-0.2, -0.15) is 18.2 Å². The van der Waals surface area contributed by atoms with E-state index in [1.807, 2.05) is 6.92 Å². The second-order valence-electron chi connectivity index (χ2n) is 6.02. The third kappa shape index (κ3) is 4.56. The summed E-state index contributed by atoms with van der Waals surface area (Å²) in [5.74, 6) is 0.259. The van der Waals surface area contributed by atoms with Crippen LogP contribution >= 0.6 is 0 Å². The predicted octanol–water partition coefficient (Wildman–Crippen LogP) is 4.96. The quantitative estimate of drug-likeness (QED) is 0.782. The lowest BCUT2D eigenvalue weighted by atomic mass is 10.3. The molecule has 3 rings (SSSR count). The van der Waals surface area contributed by atoms with Gasteiger partial charge in [0.05, 0.1) is 6.61 Å². The molecule has 1 heterocycles. The van der Waals surface area contributed by atoms with Crippen molar-refractivity contribution in [3.63, 3.8) is 0 Å². The molecule has 1 aromatic carbocycles. The summed E-state index contributed by atoms with van der Waals surface area (Å²) in [6.45, 7) is 2.38. The Bertz CT molecular complexity index is 747. The Labute approximate surface area is 149 Å². The average Bonchev–Trinajstić information content (AvgIpc) is 3.08. The molecule has 1 fully saturated rings. The van der Waals surface area contributed by atoms with Crippen LogP contribution in [0.3, 0.4) is 0 Å². The molecule has 0 atom stereocenters. The van der Waals surface area contributed by atoms with Gasteiger partial charge in [-0.15, -0.1) is 0 Å². The molecule has 2 aromatic rings. The molecule has 0 bridgehead atoms. The maximum atomic E-state index is 13.2. The van der Waals surface area contributed by atoms with Gasteiger partial charge < -0.3 is 14.8 Å². The number of hydrogen-bond donors (Lipinski definition) is 1.